The summed E-state index contributed by atoms with van der Waals surface area (Å²) in [6.45, 7) is -0.256. The van der Waals surface area contributed by atoms with Crippen LogP contribution in [0.25, 0.3) is 0 Å². The van der Waals surface area contributed by atoms with Crippen LogP contribution in [0.3, 0.4) is 0 Å². The number of benzene rings is 1. The van der Waals surface area contributed by atoms with Crippen LogP contribution in [0.5, 0.6) is 5.75 Å². The number of hydrogen-bond donors (Lipinski definition) is 2. The molecule has 8 nitrogen and oxygen atoms in total. The van der Waals surface area contributed by atoms with Crippen LogP contribution in [-0.4, -0.2) is 36.8 Å². The predicted molar refractivity (Wildman–Crippen MR) is 110 cm³/mol. The molecule has 3 aliphatic carbocycles. The fourth-order valence-electron chi connectivity index (χ4n) is 4.85. The third-order valence-electron chi connectivity index (χ3n) is 5.99. The van der Waals surface area contributed by atoms with Crippen LogP contribution in [0, 0.1) is 11.2 Å². The van der Waals surface area contributed by atoms with Crippen molar-refractivity contribution in [3.8, 4) is 5.75 Å². The normalized spacial score (nSPS) is 24.1. The molecule has 0 aliphatic heterocycles. The van der Waals surface area contributed by atoms with Crippen LogP contribution in [0.4, 0.5) is 4.39 Å². The maximum absolute atomic E-state index is 13.4. The molecule has 0 spiro atoms. The SMILES string of the molecule is Cn1c(C(=O)CC23CC(NC(=O)COc4ccc(Cl)c(F)c4)(C2)C3)ccc1S(N)(=O)=O. The van der Waals surface area contributed by atoms with E-state index in [1.54, 1.807) is 0 Å². The number of carbonyl (C=O) groups excluding carboxylic acids is 2. The number of sulfonamides is 1. The monoisotopic (exact) mass is 469 g/mol. The Kier molecular flexibility index (Phi) is 5.14. The molecule has 1 amide bonds. The minimum Gasteiger partial charge on any atom is -0.484 e. The van der Waals surface area contributed by atoms with Gasteiger partial charge in [-0.15, -0.1) is 0 Å². The highest BCUT2D eigenvalue weighted by Gasteiger charge is 2.68. The van der Waals surface area contributed by atoms with Crippen molar-refractivity contribution in [2.24, 2.45) is 17.6 Å². The minimum absolute atomic E-state index is 0.0262. The highest BCUT2D eigenvalue weighted by Crippen LogP contribution is 2.69. The lowest BCUT2D eigenvalue weighted by Crippen LogP contribution is -2.75. The summed E-state index contributed by atoms with van der Waals surface area (Å²) in [4.78, 5) is 24.9. The van der Waals surface area contributed by atoms with Crippen LogP contribution in [-0.2, 0) is 21.9 Å². The number of halogens is 2. The van der Waals surface area contributed by atoms with Gasteiger partial charge in [0, 0.05) is 25.1 Å². The molecule has 0 atom stereocenters. The zero-order chi connectivity index (χ0) is 22.6. The van der Waals surface area contributed by atoms with E-state index in [0.29, 0.717) is 19.3 Å². The first kappa shape index (κ1) is 21.8. The fraction of sp³-hybridized carbons (Fsp3) is 0.400. The van der Waals surface area contributed by atoms with Gasteiger partial charge in [0.25, 0.3) is 15.9 Å². The highest BCUT2D eigenvalue weighted by atomic mass is 35.5. The summed E-state index contributed by atoms with van der Waals surface area (Å²) in [5, 5.41) is 7.94. The lowest BCUT2D eigenvalue weighted by Gasteiger charge is -2.70. The molecule has 1 heterocycles. The maximum atomic E-state index is 13.4. The molecule has 11 heteroatoms. The van der Waals surface area contributed by atoms with Gasteiger partial charge in [0.05, 0.1) is 10.7 Å². The molecule has 3 N–H and O–H groups in total. The second kappa shape index (κ2) is 7.32. The van der Waals surface area contributed by atoms with Crippen molar-refractivity contribution in [2.45, 2.75) is 36.2 Å². The van der Waals surface area contributed by atoms with Gasteiger partial charge < -0.3 is 14.6 Å². The lowest BCUT2D eigenvalue weighted by atomic mass is 9.38. The van der Waals surface area contributed by atoms with E-state index >= 15 is 0 Å². The van der Waals surface area contributed by atoms with Crippen molar-refractivity contribution in [2.75, 3.05) is 6.61 Å². The molecule has 1 aromatic carbocycles. The third-order valence-corrected chi connectivity index (χ3v) is 7.29. The topological polar surface area (TPSA) is 120 Å². The Balaban J connectivity index is 1.28. The van der Waals surface area contributed by atoms with Gasteiger partial charge in [-0.05, 0) is 48.9 Å². The van der Waals surface area contributed by atoms with Gasteiger partial charge in [0.15, 0.2) is 17.4 Å². The van der Waals surface area contributed by atoms with Crippen molar-refractivity contribution >= 4 is 33.3 Å². The standard InChI is InChI=1S/C20H21ClFN3O5S/c1-25-15(4-5-18(25)31(23,28)29)16(26)7-19-9-20(10-19,11-19)24-17(27)8-30-12-2-3-13(21)14(22)6-12/h2-6H,7-11H2,1H3,(H,24,27)(H2,23,28,29). The molecular formula is C20H21ClFN3O5S. The summed E-state index contributed by atoms with van der Waals surface area (Å²) < 4.78 is 43.1. The van der Waals surface area contributed by atoms with Crippen LogP contribution in [0.2, 0.25) is 5.02 Å². The van der Waals surface area contributed by atoms with Gasteiger partial charge >= 0.3 is 0 Å². The number of ether oxygens (including phenoxy) is 1. The molecule has 166 valence electrons. The summed E-state index contributed by atoms with van der Waals surface area (Å²) in [6, 6.07) is 6.72. The largest absolute Gasteiger partial charge is 0.484 e. The molecule has 0 unspecified atom stereocenters. The molecular weight excluding hydrogens is 449 g/mol. The van der Waals surface area contributed by atoms with E-state index in [9.17, 15) is 22.4 Å². The Bertz CT molecular complexity index is 1170. The average Bonchev–Trinajstić information content (AvgIpc) is 3.01. The van der Waals surface area contributed by atoms with E-state index in [2.05, 4.69) is 5.32 Å². The molecule has 2 bridgehead atoms. The second-order valence-electron chi connectivity index (χ2n) is 8.48. The van der Waals surface area contributed by atoms with Crippen LogP contribution < -0.4 is 15.2 Å². The number of Topliss-reactive ketones (excluding diaryl/α,β-unsaturated/α-hetero) is 1. The van der Waals surface area contributed by atoms with E-state index < -0.39 is 15.8 Å². The molecule has 2 aromatic rings. The van der Waals surface area contributed by atoms with Gasteiger partial charge in [-0.2, -0.15) is 0 Å². The Morgan fingerprint density at radius 2 is 1.94 bits per heavy atom. The van der Waals surface area contributed by atoms with Crippen molar-refractivity contribution in [1.29, 1.82) is 0 Å². The van der Waals surface area contributed by atoms with Crippen molar-refractivity contribution < 1.29 is 27.1 Å². The van der Waals surface area contributed by atoms with Crippen molar-refractivity contribution in [1.82, 2.24) is 9.88 Å². The average molecular weight is 470 g/mol. The molecule has 0 radical (unpaired) electrons. The highest BCUT2D eigenvalue weighted by molar-refractivity contribution is 7.89. The second-order valence-corrected chi connectivity index (χ2v) is 10.4. The van der Waals surface area contributed by atoms with E-state index in [-0.39, 0.29) is 57.2 Å². The lowest BCUT2D eigenvalue weighted by molar-refractivity contribution is -0.164. The Hall–Kier alpha value is -2.43. The Morgan fingerprint density at radius 3 is 2.52 bits per heavy atom. The van der Waals surface area contributed by atoms with Gasteiger partial charge in [0.2, 0.25) is 0 Å². The number of nitrogens with one attached hydrogen (secondary N) is 1. The zero-order valence-electron chi connectivity index (χ0n) is 16.7. The third kappa shape index (κ3) is 4.07. The summed E-state index contributed by atoms with van der Waals surface area (Å²) >= 11 is 5.61. The van der Waals surface area contributed by atoms with E-state index in [1.807, 2.05) is 0 Å². The summed E-state index contributed by atoms with van der Waals surface area (Å²) in [5.41, 5.74) is -0.238. The van der Waals surface area contributed by atoms with Gasteiger partial charge in [-0.25, -0.2) is 17.9 Å². The number of hydrogen-bond acceptors (Lipinski definition) is 5. The quantitative estimate of drug-likeness (QED) is 0.574. The summed E-state index contributed by atoms with van der Waals surface area (Å²) in [7, 11) is -2.41. The van der Waals surface area contributed by atoms with Crippen LogP contribution in [0.1, 0.15) is 36.2 Å². The molecule has 0 saturated heterocycles. The molecule has 3 saturated carbocycles. The number of aromatic nitrogens is 1. The van der Waals surface area contributed by atoms with Gasteiger partial charge in [-0.3, -0.25) is 9.59 Å². The first-order valence-electron chi connectivity index (χ1n) is 9.53. The molecule has 5 rings (SSSR count). The molecule has 3 aliphatic rings. The van der Waals surface area contributed by atoms with Gasteiger partial charge in [-0.1, -0.05) is 11.6 Å². The number of carbonyl (C=O) groups is 2. The number of nitrogens with two attached hydrogens (primary N) is 1. The van der Waals surface area contributed by atoms with Crippen molar-refractivity contribution in [3.05, 3.63) is 46.9 Å². The molecule has 1 aromatic heterocycles. The maximum Gasteiger partial charge on any atom is 0.258 e. The number of nitrogens with zero attached hydrogens (tertiary/aromatic N) is 1. The summed E-state index contributed by atoms with van der Waals surface area (Å²) in [5.74, 6) is -0.904. The van der Waals surface area contributed by atoms with E-state index in [4.69, 9.17) is 21.5 Å². The van der Waals surface area contributed by atoms with Crippen LogP contribution >= 0.6 is 11.6 Å². The number of primary sulfonamides is 1. The summed E-state index contributed by atoms with van der Waals surface area (Å²) in [6.07, 6.45) is 2.27. The first-order chi connectivity index (χ1) is 14.4. The van der Waals surface area contributed by atoms with Crippen molar-refractivity contribution in [3.63, 3.8) is 0 Å². The van der Waals surface area contributed by atoms with Gasteiger partial charge in [0.1, 0.15) is 11.6 Å². The molecule has 31 heavy (non-hydrogen) atoms. The molecule has 3 fully saturated rings. The first-order valence-corrected chi connectivity index (χ1v) is 11.5. The van der Waals surface area contributed by atoms with E-state index in [0.717, 1.165) is 6.07 Å². The van der Waals surface area contributed by atoms with Crippen LogP contribution in [0.15, 0.2) is 35.4 Å². The predicted octanol–water partition coefficient (Wildman–Crippen LogP) is 2.16. The Morgan fingerprint density at radius 1 is 1.26 bits per heavy atom. The number of ketones is 1. The number of rotatable bonds is 8. The Labute approximate surface area is 183 Å². The van der Waals surface area contributed by atoms with E-state index in [1.165, 1.54) is 35.9 Å². The smallest absolute Gasteiger partial charge is 0.258 e. The number of amides is 1. The minimum atomic E-state index is -3.90. The zero-order valence-corrected chi connectivity index (χ0v) is 18.2. The fourth-order valence-corrected chi connectivity index (χ4v) is 5.71.